The van der Waals surface area contributed by atoms with Crippen LogP contribution in [-0.4, -0.2) is 22.8 Å². The number of hydrogen-bond acceptors (Lipinski definition) is 2. The van der Waals surface area contributed by atoms with Crippen LogP contribution in [0.3, 0.4) is 0 Å². The Morgan fingerprint density at radius 3 is 2.15 bits per heavy atom. The van der Waals surface area contributed by atoms with E-state index in [0.29, 0.717) is 0 Å². The average Bonchev–Trinajstić information content (AvgIpc) is 2.63. The summed E-state index contributed by atoms with van der Waals surface area (Å²) >= 11 is 5.50. The van der Waals surface area contributed by atoms with E-state index in [9.17, 15) is 22.0 Å². The molecule has 3 nitrogen and oxygen atoms in total. The zero-order valence-corrected chi connectivity index (χ0v) is 11.8. The van der Waals surface area contributed by atoms with E-state index in [1.54, 1.807) is 20.8 Å². The number of ether oxygens (including phenoxy) is 1. The molecular weight excluding hydrogens is 307 g/mol. The van der Waals surface area contributed by atoms with Crippen LogP contribution in [0.4, 0.5) is 22.0 Å². The highest BCUT2D eigenvalue weighted by Crippen LogP contribution is 2.38. The van der Waals surface area contributed by atoms with Gasteiger partial charge in [-0.1, -0.05) is 0 Å². The van der Waals surface area contributed by atoms with E-state index in [1.807, 2.05) is 0 Å². The van der Waals surface area contributed by atoms with Gasteiger partial charge in [-0.2, -0.15) is 18.3 Å². The third kappa shape index (κ3) is 3.74. The molecule has 0 fully saturated rings. The molecular formula is C11H14ClF5N2O. The minimum absolute atomic E-state index is 0.375. The molecule has 0 atom stereocenters. The van der Waals surface area contributed by atoms with Crippen LogP contribution in [0.5, 0.6) is 5.88 Å². The van der Waals surface area contributed by atoms with Crippen molar-refractivity contribution in [1.82, 2.24) is 9.78 Å². The highest BCUT2D eigenvalue weighted by molar-refractivity contribution is 6.17. The molecule has 1 aromatic heterocycles. The highest BCUT2D eigenvalue weighted by Gasteiger charge is 2.41. The summed E-state index contributed by atoms with van der Waals surface area (Å²) in [6.07, 6.45) is -7.54. The van der Waals surface area contributed by atoms with Crippen molar-refractivity contribution < 1.29 is 26.7 Å². The molecule has 116 valence electrons. The first-order valence-electron chi connectivity index (χ1n) is 5.65. The van der Waals surface area contributed by atoms with Crippen LogP contribution in [0.2, 0.25) is 0 Å². The van der Waals surface area contributed by atoms with Crippen molar-refractivity contribution in [2.24, 2.45) is 0 Å². The summed E-state index contributed by atoms with van der Waals surface area (Å²) in [4.78, 5) is 0. The molecule has 1 heterocycles. The standard InChI is InChI=1S/C11H14ClF5N2O/c1-10(2,3)19-9(20-5-7(13)14)6(4-12)8(18-19)11(15,16)17/h7H,4-5H2,1-3H3. The second kappa shape index (κ2) is 5.75. The molecule has 0 unspecified atom stereocenters. The summed E-state index contributed by atoms with van der Waals surface area (Å²) in [5, 5.41) is 3.44. The summed E-state index contributed by atoms with van der Waals surface area (Å²) in [6, 6.07) is 0. The van der Waals surface area contributed by atoms with E-state index >= 15 is 0 Å². The van der Waals surface area contributed by atoms with E-state index in [4.69, 9.17) is 16.3 Å². The lowest BCUT2D eigenvalue weighted by atomic mass is 10.1. The number of aromatic nitrogens is 2. The first-order chi connectivity index (χ1) is 8.98. The normalized spacial score (nSPS) is 13.1. The lowest BCUT2D eigenvalue weighted by Gasteiger charge is -2.22. The van der Waals surface area contributed by atoms with Gasteiger partial charge >= 0.3 is 6.18 Å². The van der Waals surface area contributed by atoms with Crippen LogP contribution in [0, 0.1) is 0 Å². The first kappa shape index (κ1) is 17.0. The molecule has 0 radical (unpaired) electrons. The van der Waals surface area contributed by atoms with E-state index in [-0.39, 0.29) is 5.88 Å². The highest BCUT2D eigenvalue weighted by atomic mass is 35.5. The van der Waals surface area contributed by atoms with Crippen LogP contribution >= 0.6 is 11.6 Å². The maximum atomic E-state index is 12.9. The van der Waals surface area contributed by atoms with Crippen LogP contribution in [0.15, 0.2) is 0 Å². The van der Waals surface area contributed by atoms with E-state index < -0.39 is 41.9 Å². The Hall–Kier alpha value is -1.05. The predicted octanol–water partition coefficient (Wildman–Crippen LogP) is 4.04. The number of rotatable bonds is 4. The summed E-state index contributed by atoms with van der Waals surface area (Å²) < 4.78 is 68.8. The van der Waals surface area contributed by atoms with Gasteiger partial charge in [0.05, 0.1) is 17.0 Å². The lowest BCUT2D eigenvalue weighted by molar-refractivity contribution is -0.142. The Kier molecular flexibility index (Phi) is 4.89. The maximum Gasteiger partial charge on any atom is 0.435 e. The second-order valence-electron chi connectivity index (χ2n) is 5.05. The van der Waals surface area contributed by atoms with Gasteiger partial charge in [-0.05, 0) is 20.8 Å². The van der Waals surface area contributed by atoms with Gasteiger partial charge in [0.2, 0.25) is 5.88 Å². The number of hydrogen-bond donors (Lipinski definition) is 0. The molecule has 0 spiro atoms. The summed E-state index contributed by atoms with van der Waals surface area (Å²) in [5.41, 5.74) is -2.52. The van der Waals surface area contributed by atoms with Gasteiger partial charge < -0.3 is 4.74 Å². The van der Waals surface area contributed by atoms with E-state index in [1.165, 1.54) is 0 Å². The third-order valence-corrected chi connectivity index (χ3v) is 2.59. The quantitative estimate of drug-likeness (QED) is 0.618. The Labute approximate surface area is 117 Å². The number of nitrogens with zero attached hydrogens (tertiary/aromatic N) is 2. The van der Waals surface area contributed by atoms with Gasteiger partial charge in [0.25, 0.3) is 6.43 Å². The van der Waals surface area contributed by atoms with Crippen LogP contribution < -0.4 is 4.74 Å². The molecule has 9 heteroatoms. The molecule has 1 aromatic rings. The molecule has 0 aliphatic rings. The smallest absolute Gasteiger partial charge is 0.435 e. The van der Waals surface area contributed by atoms with Crippen LogP contribution in [0.1, 0.15) is 32.0 Å². The fraction of sp³-hybridized carbons (Fsp3) is 0.727. The van der Waals surface area contributed by atoms with Gasteiger partial charge in [-0.15, -0.1) is 11.6 Å². The molecule has 1 rings (SSSR count). The molecule has 0 bridgehead atoms. The molecule has 0 aromatic carbocycles. The maximum absolute atomic E-state index is 12.9. The van der Waals surface area contributed by atoms with Crippen molar-refractivity contribution in [3.63, 3.8) is 0 Å². The number of alkyl halides is 6. The minimum atomic E-state index is -4.73. The Bertz CT molecular complexity index is 465. The average molecular weight is 321 g/mol. The second-order valence-corrected chi connectivity index (χ2v) is 5.32. The van der Waals surface area contributed by atoms with Crippen molar-refractivity contribution in [1.29, 1.82) is 0 Å². The van der Waals surface area contributed by atoms with Gasteiger partial charge in [-0.25, -0.2) is 13.5 Å². The van der Waals surface area contributed by atoms with E-state index in [2.05, 4.69) is 5.10 Å². The van der Waals surface area contributed by atoms with Crippen molar-refractivity contribution in [2.75, 3.05) is 6.61 Å². The van der Waals surface area contributed by atoms with Gasteiger partial charge in [0, 0.05) is 0 Å². The SMILES string of the molecule is CC(C)(C)n1nc(C(F)(F)F)c(CCl)c1OCC(F)F. The molecule has 0 N–H and O–H groups in total. The zero-order chi connectivity index (χ0) is 15.7. The molecule has 20 heavy (non-hydrogen) atoms. The van der Waals surface area contributed by atoms with Gasteiger partial charge in [0.15, 0.2) is 12.3 Å². The lowest BCUT2D eigenvalue weighted by Crippen LogP contribution is -2.25. The summed E-state index contributed by atoms with van der Waals surface area (Å²) in [5.74, 6) is -0.913. The van der Waals surface area contributed by atoms with E-state index in [0.717, 1.165) is 4.68 Å². The molecule has 0 aliphatic carbocycles. The van der Waals surface area contributed by atoms with Crippen LogP contribution in [0.25, 0.3) is 0 Å². The van der Waals surface area contributed by atoms with Crippen LogP contribution in [-0.2, 0) is 17.6 Å². The van der Waals surface area contributed by atoms with Crippen molar-refractivity contribution in [2.45, 2.75) is 44.8 Å². The summed E-state index contributed by atoms with van der Waals surface area (Å²) in [7, 11) is 0. The topological polar surface area (TPSA) is 27.1 Å². The minimum Gasteiger partial charge on any atom is -0.472 e. The largest absolute Gasteiger partial charge is 0.472 e. The van der Waals surface area contributed by atoms with Gasteiger partial charge in [0.1, 0.15) is 0 Å². The summed E-state index contributed by atoms with van der Waals surface area (Å²) in [6.45, 7) is 3.71. The molecule has 0 saturated carbocycles. The Balaban J connectivity index is 3.39. The van der Waals surface area contributed by atoms with Crippen molar-refractivity contribution in [3.05, 3.63) is 11.3 Å². The molecule has 0 amide bonds. The third-order valence-electron chi connectivity index (χ3n) is 2.32. The Morgan fingerprint density at radius 2 is 1.80 bits per heavy atom. The monoisotopic (exact) mass is 320 g/mol. The van der Waals surface area contributed by atoms with Crippen molar-refractivity contribution in [3.8, 4) is 5.88 Å². The predicted molar refractivity (Wildman–Crippen MR) is 63.3 cm³/mol. The Morgan fingerprint density at radius 1 is 1.25 bits per heavy atom. The van der Waals surface area contributed by atoms with Gasteiger partial charge in [-0.3, -0.25) is 0 Å². The first-order valence-corrected chi connectivity index (χ1v) is 6.18. The zero-order valence-electron chi connectivity index (χ0n) is 11.1. The molecule has 0 aliphatic heterocycles. The molecule has 0 saturated heterocycles. The fourth-order valence-electron chi connectivity index (χ4n) is 1.53. The number of halogens is 6. The fourth-order valence-corrected chi connectivity index (χ4v) is 1.77. The van der Waals surface area contributed by atoms with Crippen molar-refractivity contribution >= 4 is 11.6 Å².